The molecular formula is C18H23NOS. The molecule has 3 heteroatoms. The highest BCUT2D eigenvalue weighted by molar-refractivity contribution is 7.85. The normalized spacial score (nSPS) is 13.9. The summed E-state index contributed by atoms with van der Waals surface area (Å²) in [7, 11) is 0.938. The summed E-state index contributed by atoms with van der Waals surface area (Å²) in [5.41, 5.74) is 5.06. The van der Waals surface area contributed by atoms with E-state index in [1.807, 2.05) is 37.4 Å². The van der Waals surface area contributed by atoms with E-state index in [0.29, 0.717) is 5.75 Å². The summed E-state index contributed by atoms with van der Waals surface area (Å²) >= 11 is 0. The van der Waals surface area contributed by atoms with Crippen molar-refractivity contribution in [2.45, 2.75) is 31.7 Å². The molecule has 2 aromatic carbocycles. The highest BCUT2D eigenvalue weighted by Gasteiger charge is 2.18. The Balaban J connectivity index is 2.27. The molecule has 2 atom stereocenters. The molecule has 0 aromatic heterocycles. The smallest absolute Gasteiger partial charge is 0.0548 e. The van der Waals surface area contributed by atoms with E-state index >= 15 is 0 Å². The van der Waals surface area contributed by atoms with Crippen molar-refractivity contribution in [2.75, 3.05) is 12.8 Å². The molecule has 2 unspecified atom stereocenters. The van der Waals surface area contributed by atoms with Gasteiger partial charge in [-0.1, -0.05) is 35.9 Å². The van der Waals surface area contributed by atoms with Crippen LogP contribution in [0.25, 0.3) is 0 Å². The van der Waals surface area contributed by atoms with E-state index in [4.69, 9.17) is 0 Å². The van der Waals surface area contributed by atoms with Gasteiger partial charge in [0, 0.05) is 16.7 Å². The Bertz CT molecular complexity index is 614. The standard InChI is InChI=1S/C18H23NOS/c1-13-10-14(2)18(15(3)11-13)17(19-4)12-21(20)16-8-6-5-7-9-16/h5-11,17,19H,12H2,1-4H3. The Hall–Kier alpha value is -1.45. The molecule has 0 aliphatic heterocycles. The van der Waals surface area contributed by atoms with Crippen LogP contribution in [0.2, 0.25) is 0 Å². The molecule has 0 fully saturated rings. The van der Waals surface area contributed by atoms with Crippen molar-refractivity contribution in [3.8, 4) is 0 Å². The van der Waals surface area contributed by atoms with Crippen LogP contribution in [0.3, 0.4) is 0 Å². The lowest BCUT2D eigenvalue weighted by molar-refractivity contribution is 0.630. The Labute approximate surface area is 130 Å². The molecule has 0 spiro atoms. The summed E-state index contributed by atoms with van der Waals surface area (Å²) in [6.45, 7) is 6.37. The van der Waals surface area contributed by atoms with Crippen molar-refractivity contribution in [2.24, 2.45) is 0 Å². The van der Waals surface area contributed by atoms with Crippen molar-refractivity contribution < 1.29 is 4.21 Å². The Kier molecular flexibility index (Phi) is 5.32. The molecule has 2 aromatic rings. The molecule has 0 aliphatic carbocycles. The lowest BCUT2D eigenvalue weighted by Crippen LogP contribution is -2.24. The van der Waals surface area contributed by atoms with Crippen LogP contribution in [0.15, 0.2) is 47.4 Å². The minimum Gasteiger partial charge on any atom is -0.312 e. The second-order valence-corrected chi connectivity index (χ2v) is 6.97. The van der Waals surface area contributed by atoms with Crippen LogP contribution < -0.4 is 5.32 Å². The monoisotopic (exact) mass is 301 g/mol. The number of benzene rings is 2. The van der Waals surface area contributed by atoms with E-state index in [1.54, 1.807) is 0 Å². The van der Waals surface area contributed by atoms with Crippen LogP contribution in [-0.2, 0) is 10.8 Å². The summed E-state index contributed by atoms with van der Waals surface area (Å²) in [6.07, 6.45) is 0. The molecular weight excluding hydrogens is 278 g/mol. The first-order valence-corrected chi connectivity index (χ1v) is 8.53. The summed E-state index contributed by atoms with van der Waals surface area (Å²) in [6, 6.07) is 14.2. The number of hydrogen-bond acceptors (Lipinski definition) is 2. The first-order valence-electron chi connectivity index (χ1n) is 7.21. The van der Waals surface area contributed by atoms with Gasteiger partial charge in [-0.2, -0.15) is 0 Å². The Morgan fingerprint density at radius 3 is 2.14 bits per heavy atom. The van der Waals surface area contributed by atoms with Crippen molar-refractivity contribution >= 4 is 10.8 Å². The number of rotatable bonds is 5. The van der Waals surface area contributed by atoms with E-state index in [1.165, 1.54) is 22.3 Å². The van der Waals surface area contributed by atoms with Crippen molar-refractivity contribution in [1.29, 1.82) is 0 Å². The maximum Gasteiger partial charge on any atom is 0.0548 e. The highest BCUT2D eigenvalue weighted by atomic mass is 32.2. The Morgan fingerprint density at radius 1 is 1.05 bits per heavy atom. The van der Waals surface area contributed by atoms with E-state index in [-0.39, 0.29) is 6.04 Å². The van der Waals surface area contributed by atoms with Crippen LogP contribution in [-0.4, -0.2) is 17.0 Å². The van der Waals surface area contributed by atoms with Gasteiger partial charge < -0.3 is 5.32 Å². The van der Waals surface area contributed by atoms with Gasteiger partial charge in [-0.15, -0.1) is 0 Å². The maximum atomic E-state index is 12.5. The van der Waals surface area contributed by atoms with Crippen LogP contribution in [0.1, 0.15) is 28.3 Å². The number of aryl methyl sites for hydroxylation is 3. The first kappa shape index (κ1) is 15.9. The third kappa shape index (κ3) is 3.80. The lowest BCUT2D eigenvalue weighted by Gasteiger charge is -2.21. The largest absolute Gasteiger partial charge is 0.312 e. The summed E-state index contributed by atoms with van der Waals surface area (Å²) in [4.78, 5) is 0.889. The van der Waals surface area contributed by atoms with Gasteiger partial charge in [0.05, 0.1) is 10.8 Å². The van der Waals surface area contributed by atoms with Crippen LogP contribution in [0.4, 0.5) is 0 Å². The molecule has 0 saturated heterocycles. The minimum atomic E-state index is -0.998. The van der Waals surface area contributed by atoms with Crippen molar-refractivity contribution in [1.82, 2.24) is 5.32 Å². The molecule has 21 heavy (non-hydrogen) atoms. The van der Waals surface area contributed by atoms with Crippen LogP contribution >= 0.6 is 0 Å². The van der Waals surface area contributed by atoms with Gasteiger partial charge in [0.2, 0.25) is 0 Å². The minimum absolute atomic E-state index is 0.103. The lowest BCUT2D eigenvalue weighted by atomic mass is 9.95. The zero-order valence-corrected chi connectivity index (χ0v) is 14.0. The number of nitrogens with one attached hydrogen (secondary N) is 1. The highest BCUT2D eigenvalue weighted by Crippen LogP contribution is 2.25. The van der Waals surface area contributed by atoms with E-state index in [0.717, 1.165) is 4.90 Å². The average molecular weight is 301 g/mol. The summed E-state index contributed by atoms with van der Waals surface area (Å²) in [5.74, 6) is 0.589. The van der Waals surface area contributed by atoms with Crippen molar-refractivity contribution in [3.63, 3.8) is 0 Å². The molecule has 0 bridgehead atoms. The molecule has 0 aliphatic rings. The SMILES string of the molecule is CNC(CS(=O)c1ccccc1)c1c(C)cc(C)cc1C. The molecule has 0 amide bonds. The predicted molar refractivity (Wildman–Crippen MR) is 90.2 cm³/mol. The van der Waals surface area contributed by atoms with E-state index in [9.17, 15) is 4.21 Å². The van der Waals surface area contributed by atoms with Gasteiger partial charge in [-0.05, 0) is 56.6 Å². The quantitative estimate of drug-likeness (QED) is 0.913. The van der Waals surface area contributed by atoms with E-state index in [2.05, 4.69) is 38.2 Å². The number of hydrogen-bond donors (Lipinski definition) is 1. The van der Waals surface area contributed by atoms with Gasteiger partial charge >= 0.3 is 0 Å². The van der Waals surface area contributed by atoms with Gasteiger partial charge in [-0.25, -0.2) is 0 Å². The molecule has 0 radical (unpaired) electrons. The third-order valence-electron chi connectivity index (χ3n) is 3.76. The van der Waals surface area contributed by atoms with Crippen LogP contribution in [0.5, 0.6) is 0 Å². The average Bonchev–Trinajstić information content (AvgIpc) is 2.45. The molecule has 2 rings (SSSR count). The maximum absolute atomic E-state index is 12.5. The fourth-order valence-corrected chi connectivity index (χ4v) is 4.16. The van der Waals surface area contributed by atoms with Gasteiger partial charge in [-0.3, -0.25) is 4.21 Å². The van der Waals surface area contributed by atoms with Crippen molar-refractivity contribution in [3.05, 3.63) is 64.7 Å². The first-order chi connectivity index (χ1) is 10.0. The second kappa shape index (κ2) is 7.01. The molecule has 2 nitrogen and oxygen atoms in total. The summed E-state index contributed by atoms with van der Waals surface area (Å²) in [5, 5.41) is 3.33. The zero-order valence-electron chi connectivity index (χ0n) is 13.1. The molecule has 1 N–H and O–H groups in total. The fraction of sp³-hybridized carbons (Fsp3) is 0.333. The fourth-order valence-electron chi connectivity index (χ4n) is 2.87. The van der Waals surface area contributed by atoms with Gasteiger partial charge in [0.25, 0.3) is 0 Å². The molecule has 0 saturated carbocycles. The molecule has 112 valence electrons. The topological polar surface area (TPSA) is 29.1 Å². The zero-order chi connectivity index (χ0) is 15.4. The van der Waals surface area contributed by atoms with E-state index < -0.39 is 10.8 Å². The Morgan fingerprint density at radius 2 is 1.62 bits per heavy atom. The van der Waals surface area contributed by atoms with Crippen LogP contribution in [0, 0.1) is 20.8 Å². The molecule has 0 heterocycles. The third-order valence-corrected chi connectivity index (χ3v) is 5.19. The second-order valence-electron chi connectivity index (χ2n) is 5.48. The van der Waals surface area contributed by atoms with Gasteiger partial charge in [0.1, 0.15) is 0 Å². The van der Waals surface area contributed by atoms with Gasteiger partial charge in [0.15, 0.2) is 0 Å². The summed E-state index contributed by atoms with van der Waals surface area (Å²) < 4.78 is 12.5. The predicted octanol–water partition coefficient (Wildman–Crippen LogP) is 3.68.